The van der Waals surface area contributed by atoms with Gasteiger partial charge >= 0.3 is 0 Å². The van der Waals surface area contributed by atoms with Gasteiger partial charge < -0.3 is 20.3 Å². The van der Waals surface area contributed by atoms with E-state index in [1.807, 2.05) is 29.1 Å². The van der Waals surface area contributed by atoms with E-state index in [1.54, 1.807) is 13.3 Å². The van der Waals surface area contributed by atoms with Crippen molar-refractivity contribution < 1.29 is 4.74 Å². The SMILES string of the molecule is CCNC(=NCC(c1cccc(OC)c1)N(C)C)NCCCn1cccn1.I. The van der Waals surface area contributed by atoms with E-state index in [2.05, 4.69) is 53.8 Å². The molecule has 2 N–H and O–H groups in total. The number of nitrogens with one attached hydrogen (secondary N) is 2. The van der Waals surface area contributed by atoms with Crippen molar-refractivity contribution in [1.29, 1.82) is 0 Å². The summed E-state index contributed by atoms with van der Waals surface area (Å²) in [7, 11) is 5.84. The molecule has 0 fully saturated rings. The molecule has 0 saturated carbocycles. The quantitative estimate of drug-likeness (QED) is 0.227. The molecule has 0 amide bonds. The number of hydrogen-bond donors (Lipinski definition) is 2. The summed E-state index contributed by atoms with van der Waals surface area (Å²) in [6.45, 7) is 5.30. The third kappa shape index (κ3) is 8.05. The number of likely N-dealkylation sites (N-methyl/N-ethyl adjacent to an activating group) is 1. The Balaban J connectivity index is 0.00000392. The maximum absolute atomic E-state index is 5.36. The van der Waals surface area contributed by atoms with Crippen LogP contribution >= 0.6 is 24.0 Å². The number of guanidine groups is 1. The van der Waals surface area contributed by atoms with Crippen molar-refractivity contribution in [2.45, 2.75) is 25.9 Å². The van der Waals surface area contributed by atoms with Crippen LogP contribution in [0.4, 0.5) is 0 Å². The second-order valence-corrected chi connectivity index (χ2v) is 6.53. The Kier molecular flexibility index (Phi) is 11.6. The lowest BCUT2D eigenvalue weighted by molar-refractivity contribution is 0.305. The zero-order valence-electron chi connectivity index (χ0n) is 17.3. The van der Waals surface area contributed by atoms with Gasteiger partial charge in [0.2, 0.25) is 0 Å². The Morgan fingerprint density at radius 3 is 2.75 bits per heavy atom. The average Bonchev–Trinajstić information content (AvgIpc) is 3.18. The lowest BCUT2D eigenvalue weighted by Crippen LogP contribution is -2.38. The van der Waals surface area contributed by atoms with E-state index in [1.165, 1.54) is 5.56 Å². The van der Waals surface area contributed by atoms with Crippen molar-refractivity contribution in [2.24, 2.45) is 4.99 Å². The first-order chi connectivity index (χ1) is 13.1. The predicted molar refractivity (Wildman–Crippen MR) is 126 cm³/mol. The number of methoxy groups -OCH3 is 1. The molecule has 0 saturated heterocycles. The Labute approximate surface area is 185 Å². The van der Waals surface area contributed by atoms with Gasteiger partial charge in [-0.2, -0.15) is 5.10 Å². The van der Waals surface area contributed by atoms with E-state index in [4.69, 9.17) is 9.73 Å². The minimum absolute atomic E-state index is 0. The fourth-order valence-electron chi connectivity index (χ4n) is 2.82. The van der Waals surface area contributed by atoms with Gasteiger partial charge in [-0.25, -0.2) is 0 Å². The number of aryl methyl sites for hydroxylation is 1. The van der Waals surface area contributed by atoms with Gasteiger partial charge in [0, 0.05) is 32.0 Å². The molecule has 0 aliphatic heterocycles. The maximum Gasteiger partial charge on any atom is 0.191 e. The molecule has 28 heavy (non-hydrogen) atoms. The number of halogens is 1. The highest BCUT2D eigenvalue weighted by Gasteiger charge is 2.14. The number of nitrogens with zero attached hydrogens (tertiary/aromatic N) is 4. The van der Waals surface area contributed by atoms with Gasteiger partial charge in [-0.05, 0) is 51.2 Å². The molecule has 8 heteroatoms. The molecule has 0 bridgehead atoms. The monoisotopic (exact) mass is 500 g/mol. The summed E-state index contributed by atoms with van der Waals surface area (Å²) in [6.07, 6.45) is 4.77. The highest BCUT2D eigenvalue weighted by atomic mass is 127. The Hall–Kier alpha value is -1.81. The lowest BCUT2D eigenvalue weighted by Gasteiger charge is -2.24. The first-order valence-electron chi connectivity index (χ1n) is 9.44. The van der Waals surface area contributed by atoms with Crippen molar-refractivity contribution in [2.75, 3.05) is 40.8 Å². The smallest absolute Gasteiger partial charge is 0.191 e. The molecule has 0 spiro atoms. The fraction of sp³-hybridized carbons (Fsp3) is 0.500. The van der Waals surface area contributed by atoms with Gasteiger partial charge in [-0.1, -0.05) is 12.1 Å². The van der Waals surface area contributed by atoms with E-state index in [0.717, 1.165) is 37.8 Å². The number of hydrogen-bond acceptors (Lipinski definition) is 4. The minimum Gasteiger partial charge on any atom is -0.497 e. The van der Waals surface area contributed by atoms with Crippen LogP contribution < -0.4 is 15.4 Å². The third-order valence-corrected chi connectivity index (χ3v) is 4.28. The molecular weight excluding hydrogens is 467 g/mol. The van der Waals surface area contributed by atoms with Gasteiger partial charge in [0.05, 0.1) is 19.7 Å². The highest BCUT2D eigenvalue weighted by molar-refractivity contribution is 14.0. The van der Waals surface area contributed by atoms with Crippen LogP contribution in [0.25, 0.3) is 0 Å². The Bertz CT molecular complexity index is 690. The van der Waals surface area contributed by atoms with Crippen molar-refractivity contribution in [3.8, 4) is 5.75 Å². The lowest BCUT2D eigenvalue weighted by atomic mass is 10.1. The van der Waals surface area contributed by atoms with Crippen LogP contribution in [0.15, 0.2) is 47.7 Å². The zero-order chi connectivity index (χ0) is 19.5. The molecular formula is C20H33IN6O. The van der Waals surface area contributed by atoms with Crippen LogP contribution in [-0.2, 0) is 6.54 Å². The van der Waals surface area contributed by atoms with Crippen LogP contribution in [0.2, 0.25) is 0 Å². The molecule has 1 unspecified atom stereocenters. The number of aromatic nitrogens is 2. The summed E-state index contributed by atoms with van der Waals surface area (Å²) in [5.74, 6) is 1.71. The summed E-state index contributed by atoms with van der Waals surface area (Å²) in [5.41, 5.74) is 1.19. The van der Waals surface area contributed by atoms with Gasteiger partial charge in [-0.15, -0.1) is 24.0 Å². The highest BCUT2D eigenvalue weighted by Crippen LogP contribution is 2.22. The molecule has 156 valence electrons. The van der Waals surface area contributed by atoms with E-state index >= 15 is 0 Å². The second-order valence-electron chi connectivity index (χ2n) is 6.53. The number of aliphatic imine (C=N–C) groups is 1. The summed E-state index contributed by atoms with van der Waals surface area (Å²) >= 11 is 0. The van der Waals surface area contributed by atoms with Crippen LogP contribution in [0.1, 0.15) is 24.9 Å². The predicted octanol–water partition coefficient (Wildman–Crippen LogP) is 2.76. The largest absolute Gasteiger partial charge is 0.497 e. The topological polar surface area (TPSA) is 66.7 Å². The molecule has 1 aromatic carbocycles. The number of ether oxygens (including phenoxy) is 1. The van der Waals surface area contributed by atoms with Gasteiger partial charge in [0.25, 0.3) is 0 Å². The third-order valence-electron chi connectivity index (χ3n) is 4.28. The van der Waals surface area contributed by atoms with Crippen molar-refractivity contribution in [1.82, 2.24) is 25.3 Å². The molecule has 2 aromatic rings. The standard InChI is InChI=1S/C20H32N6O.HI/c1-5-21-20(22-11-7-13-26-14-8-12-24-26)23-16-19(25(2)3)17-9-6-10-18(15-17)27-4;/h6,8-10,12,14-15,19H,5,7,11,13,16H2,1-4H3,(H2,21,22,23);1H. The summed E-state index contributed by atoms with van der Waals surface area (Å²) in [5, 5.41) is 10.9. The molecule has 2 rings (SSSR count). The van der Waals surface area contributed by atoms with E-state index in [9.17, 15) is 0 Å². The Morgan fingerprint density at radius 2 is 2.11 bits per heavy atom. The minimum atomic E-state index is 0. The average molecular weight is 500 g/mol. The second kappa shape index (κ2) is 13.4. The molecule has 1 atom stereocenters. The summed E-state index contributed by atoms with van der Waals surface area (Å²) in [6, 6.07) is 10.3. The van der Waals surface area contributed by atoms with Crippen molar-refractivity contribution >= 4 is 29.9 Å². The molecule has 7 nitrogen and oxygen atoms in total. The molecule has 0 radical (unpaired) electrons. The molecule has 1 heterocycles. The van der Waals surface area contributed by atoms with Crippen LogP contribution in [0, 0.1) is 0 Å². The molecule has 0 aliphatic carbocycles. The Morgan fingerprint density at radius 1 is 1.29 bits per heavy atom. The fourth-order valence-corrected chi connectivity index (χ4v) is 2.82. The molecule has 1 aromatic heterocycles. The van der Waals surface area contributed by atoms with E-state index in [-0.39, 0.29) is 30.0 Å². The maximum atomic E-state index is 5.36. The van der Waals surface area contributed by atoms with Crippen LogP contribution in [0.5, 0.6) is 5.75 Å². The molecule has 0 aliphatic rings. The van der Waals surface area contributed by atoms with E-state index in [0.29, 0.717) is 6.54 Å². The van der Waals surface area contributed by atoms with Crippen molar-refractivity contribution in [3.63, 3.8) is 0 Å². The number of rotatable bonds is 10. The van der Waals surface area contributed by atoms with Crippen molar-refractivity contribution in [3.05, 3.63) is 48.3 Å². The number of benzene rings is 1. The first kappa shape index (κ1) is 24.2. The van der Waals surface area contributed by atoms with Gasteiger partial charge in [0.15, 0.2) is 5.96 Å². The van der Waals surface area contributed by atoms with Gasteiger partial charge in [-0.3, -0.25) is 9.67 Å². The zero-order valence-corrected chi connectivity index (χ0v) is 19.6. The van der Waals surface area contributed by atoms with Gasteiger partial charge in [0.1, 0.15) is 5.75 Å². The summed E-state index contributed by atoms with van der Waals surface area (Å²) < 4.78 is 7.30. The van der Waals surface area contributed by atoms with E-state index < -0.39 is 0 Å². The first-order valence-corrected chi connectivity index (χ1v) is 9.44. The summed E-state index contributed by atoms with van der Waals surface area (Å²) in [4.78, 5) is 6.97. The van der Waals surface area contributed by atoms with Crippen LogP contribution in [-0.4, -0.2) is 61.5 Å². The van der Waals surface area contributed by atoms with Crippen LogP contribution in [0.3, 0.4) is 0 Å². The normalized spacial score (nSPS) is 12.4.